The van der Waals surface area contributed by atoms with Crippen LogP contribution in [-0.4, -0.2) is 54.7 Å². The Balaban J connectivity index is 1.35. The highest BCUT2D eigenvalue weighted by Gasteiger charge is 2.27. The molecule has 3 N–H and O–H groups in total. The molecule has 5 rings (SSSR count). The molecule has 9 heteroatoms. The SMILES string of the molecule is CCN1CCN(c2ccc(NC3=NC=C(Br)C(N)N3c3ccc4scnc4c3)cc2)CC1. The summed E-state index contributed by atoms with van der Waals surface area (Å²) in [5, 5.41) is 3.45. The number of anilines is 3. The van der Waals surface area contributed by atoms with Crippen LogP contribution in [0.3, 0.4) is 0 Å². The zero-order chi connectivity index (χ0) is 22.1. The highest BCUT2D eigenvalue weighted by atomic mass is 79.9. The molecule has 0 aliphatic carbocycles. The number of hydrogen-bond donors (Lipinski definition) is 2. The number of nitrogens with one attached hydrogen (secondary N) is 1. The molecular formula is C23H26BrN7S. The largest absolute Gasteiger partial charge is 0.369 e. The van der Waals surface area contributed by atoms with E-state index in [0.29, 0.717) is 5.96 Å². The van der Waals surface area contributed by atoms with Gasteiger partial charge in [0.05, 0.1) is 20.2 Å². The molecule has 1 saturated heterocycles. The van der Waals surface area contributed by atoms with E-state index < -0.39 is 0 Å². The molecule has 0 spiro atoms. The maximum Gasteiger partial charge on any atom is 0.209 e. The summed E-state index contributed by atoms with van der Waals surface area (Å²) in [7, 11) is 0. The van der Waals surface area contributed by atoms with Gasteiger partial charge in [0.1, 0.15) is 6.17 Å². The van der Waals surface area contributed by atoms with Gasteiger partial charge in [-0.1, -0.05) is 22.9 Å². The van der Waals surface area contributed by atoms with Crippen LogP contribution >= 0.6 is 27.3 Å². The Bertz CT molecular complexity index is 1150. The second-order valence-electron chi connectivity index (χ2n) is 7.88. The van der Waals surface area contributed by atoms with Crippen LogP contribution in [0.5, 0.6) is 0 Å². The second-order valence-corrected chi connectivity index (χ2v) is 9.68. The van der Waals surface area contributed by atoms with Crippen molar-refractivity contribution in [3.63, 3.8) is 0 Å². The van der Waals surface area contributed by atoms with E-state index in [-0.39, 0.29) is 6.17 Å². The van der Waals surface area contributed by atoms with Crippen molar-refractivity contribution in [1.82, 2.24) is 9.88 Å². The normalized spacial score (nSPS) is 19.8. The Labute approximate surface area is 200 Å². The number of fused-ring (bicyclic) bond motifs is 1. The molecule has 0 bridgehead atoms. The topological polar surface area (TPSA) is 73.0 Å². The number of halogens is 1. The molecule has 32 heavy (non-hydrogen) atoms. The van der Waals surface area contributed by atoms with Gasteiger partial charge in [-0.05, 0) is 49.0 Å². The predicted molar refractivity (Wildman–Crippen MR) is 139 cm³/mol. The lowest BCUT2D eigenvalue weighted by molar-refractivity contribution is 0.271. The number of rotatable bonds is 4. The Morgan fingerprint density at radius 3 is 2.59 bits per heavy atom. The summed E-state index contributed by atoms with van der Waals surface area (Å²) < 4.78 is 1.97. The van der Waals surface area contributed by atoms with Crippen LogP contribution in [0.2, 0.25) is 0 Å². The van der Waals surface area contributed by atoms with Crippen molar-refractivity contribution in [1.29, 1.82) is 0 Å². The van der Waals surface area contributed by atoms with Crippen LogP contribution in [0.25, 0.3) is 10.2 Å². The van der Waals surface area contributed by atoms with E-state index in [1.165, 1.54) is 5.69 Å². The van der Waals surface area contributed by atoms with Gasteiger partial charge in [0.15, 0.2) is 0 Å². The van der Waals surface area contributed by atoms with Gasteiger partial charge in [0, 0.05) is 49.4 Å². The molecule has 1 atom stereocenters. The monoisotopic (exact) mass is 511 g/mol. The maximum atomic E-state index is 6.52. The van der Waals surface area contributed by atoms with Crippen LogP contribution < -0.4 is 20.9 Å². The first-order valence-corrected chi connectivity index (χ1v) is 12.5. The molecule has 3 heterocycles. The van der Waals surface area contributed by atoms with Crippen molar-refractivity contribution in [3.05, 3.63) is 58.7 Å². The number of aliphatic imine (C=N–C) groups is 1. The summed E-state index contributed by atoms with van der Waals surface area (Å²) in [6.45, 7) is 7.70. The molecule has 2 aromatic carbocycles. The zero-order valence-corrected chi connectivity index (χ0v) is 20.3. The molecule has 1 unspecified atom stereocenters. The highest BCUT2D eigenvalue weighted by Crippen LogP contribution is 2.30. The summed E-state index contributed by atoms with van der Waals surface area (Å²) in [5.41, 5.74) is 12.5. The van der Waals surface area contributed by atoms with Crippen molar-refractivity contribution in [2.24, 2.45) is 10.7 Å². The number of thiazole rings is 1. The molecule has 2 aliphatic heterocycles. The average Bonchev–Trinajstić information content (AvgIpc) is 3.30. The average molecular weight is 512 g/mol. The van der Waals surface area contributed by atoms with Gasteiger partial charge in [-0.2, -0.15) is 0 Å². The highest BCUT2D eigenvalue weighted by molar-refractivity contribution is 9.11. The minimum atomic E-state index is -0.375. The third kappa shape index (κ3) is 4.25. The minimum absolute atomic E-state index is 0.375. The molecule has 3 aromatic rings. The van der Waals surface area contributed by atoms with Crippen LogP contribution in [0.15, 0.2) is 63.6 Å². The number of guanidine groups is 1. The van der Waals surface area contributed by atoms with E-state index in [4.69, 9.17) is 5.73 Å². The van der Waals surface area contributed by atoms with Gasteiger partial charge in [-0.25, -0.2) is 9.98 Å². The van der Waals surface area contributed by atoms with Crippen molar-refractivity contribution in [2.75, 3.05) is 47.8 Å². The molecule has 2 aliphatic rings. The molecule has 1 fully saturated rings. The predicted octanol–water partition coefficient (Wildman–Crippen LogP) is 4.25. The Kier molecular flexibility index (Phi) is 6.14. The van der Waals surface area contributed by atoms with Crippen molar-refractivity contribution < 1.29 is 0 Å². The third-order valence-electron chi connectivity index (χ3n) is 6.00. The number of piperazine rings is 1. The van der Waals surface area contributed by atoms with Crippen LogP contribution in [0.1, 0.15) is 6.92 Å². The Hall–Kier alpha value is -2.46. The second kappa shape index (κ2) is 9.19. The lowest BCUT2D eigenvalue weighted by Crippen LogP contribution is -2.50. The Morgan fingerprint density at radius 2 is 1.84 bits per heavy atom. The van der Waals surface area contributed by atoms with Crippen LogP contribution in [0.4, 0.5) is 17.1 Å². The molecule has 0 saturated carbocycles. The lowest BCUT2D eigenvalue weighted by Gasteiger charge is -2.36. The molecule has 7 nitrogen and oxygen atoms in total. The fourth-order valence-corrected chi connectivity index (χ4v) is 5.06. The molecule has 0 amide bonds. The number of hydrogen-bond acceptors (Lipinski definition) is 8. The Morgan fingerprint density at radius 1 is 1.09 bits per heavy atom. The van der Waals surface area contributed by atoms with Crippen molar-refractivity contribution >= 4 is 60.5 Å². The van der Waals surface area contributed by atoms with Gasteiger partial charge in [0.2, 0.25) is 5.96 Å². The minimum Gasteiger partial charge on any atom is -0.369 e. The van der Waals surface area contributed by atoms with E-state index >= 15 is 0 Å². The first-order chi connectivity index (χ1) is 15.6. The van der Waals surface area contributed by atoms with Gasteiger partial charge in [-0.3, -0.25) is 4.90 Å². The lowest BCUT2D eigenvalue weighted by atomic mass is 10.2. The molecule has 1 aromatic heterocycles. The quantitative estimate of drug-likeness (QED) is 0.545. The number of likely N-dealkylation sites (N-methyl/N-ethyl adjacent to an activating group) is 1. The van der Waals surface area contributed by atoms with Crippen molar-refractivity contribution in [2.45, 2.75) is 13.1 Å². The smallest absolute Gasteiger partial charge is 0.209 e. The van der Waals surface area contributed by atoms with Crippen molar-refractivity contribution in [3.8, 4) is 0 Å². The number of nitrogens with two attached hydrogens (primary N) is 1. The summed E-state index contributed by atoms with van der Waals surface area (Å²) in [5.74, 6) is 0.680. The summed E-state index contributed by atoms with van der Waals surface area (Å²) in [4.78, 5) is 16.0. The first kappa shape index (κ1) is 21.4. The number of benzene rings is 2. The summed E-state index contributed by atoms with van der Waals surface area (Å²) in [6, 6.07) is 14.7. The van der Waals surface area contributed by atoms with Crippen LogP contribution in [0, 0.1) is 0 Å². The van der Waals surface area contributed by atoms with E-state index in [1.54, 1.807) is 17.5 Å². The fraction of sp³-hybridized carbons (Fsp3) is 0.304. The maximum absolute atomic E-state index is 6.52. The van der Waals surface area contributed by atoms with Gasteiger partial charge < -0.3 is 20.9 Å². The van der Waals surface area contributed by atoms with Gasteiger partial charge in [0.25, 0.3) is 0 Å². The number of aromatic nitrogens is 1. The zero-order valence-electron chi connectivity index (χ0n) is 17.9. The fourth-order valence-electron chi connectivity index (χ4n) is 4.09. The van der Waals surface area contributed by atoms with E-state index in [2.05, 4.69) is 84.3 Å². The van der Waals surface area contributed by atoms with Gasteiger partial charge >= 0.3 is 0 Å². The van der Waals surface area contributed by atoms with Crippen LogP contribution in [-0.2, 0) is 0 Å². The van der Waals surface area contributed by atoms with E-state index in [0.717, 1.165) is 58.8 Å². The third-order valence-corrected chi connectivity index (χ3v) is 7.48. The first-order valence-electron chi connectivity index (χ1n) is 10.8. The van der Waals surface area contributed by atoms with Gasteiger partial charge in [-0.15, -0.1) is 11.3 Å². The summed E-state index contributed by atoms with van der Waals surface area (Å²) >= 11 is 5.17. The number of nitrogens with zero attached hydrogens (tertiary/aromatic N) is 5. The van der Waals surface area contributed by atoms with E-state index in [9.17, 15) is 0 Å². The standard InChI is InChI=1S/C23H26BrN7S/c1-2-29-9-11-30(12-10-29)17-5-3-16(4-6-17)28-23-26-14-19(24)22(25)31(23)18-7-8-21-20(13-18)27-15-32-21/h3-8,13-15,22H,2,9-12,25H2,1H3,(H,26,28). The van der Waals surface area contributed by atoms with E-state index in [1.807, 2.05) is 16.5 Å². The molecular weight excluding hydrogens is 486 g/mol. The molecule has 166 valence electrons. The molecule has 0 radical (unpaired) electrons. The summed E-state index contributed by atoms with van der Waals surface area (Å²) in [6.07, 6.45) is 1.38.